The molecule has 0 aromatic heterocycles. The zero-order chi connectivity index (χ0) is 17.6. The molecule has 0 saturated carbocycles. The Balaban J connectivity index is 1.77. The normalized spacial score (nSPS) is 10.2. The third-order valence-corrected chi connectivity index (χ3v) is 3.47. The smallest absolute Gasteiger partial charge is 0.390 e. The standard InChI is InChI=1S/C18H15BF3N3/c20-13-1-7-16(8-2-13)23-19(24-17-9-3-14(21)4-10-17)25-18-11-5-15(22)6-12-18/h1-12,23-25H. The van der Waals surface area contributed by atoms with Crippen molar-refractivity contribution in [3.8, 4) is 0 Å². The molecule has 0 aliphatic rings. The van der Waals surface area contributed by atoms with E-state index in [1.54, 1.807) is 36.4 Å². The van der Waals surface area contributed by atoms with Crippen LogP contribution in [0.3, 0.4) is 0 Å². The number of hydrogen-bond acceptors (Lipinski definition) is 3. The van der Waals surface area contributed by atoms with E-state index >= 15 is 0 Å². The van der Waals surface area contributed by atoms with E-state index in [4.69, 9.17) is 0 Å². The molecule has 0 spiro atoms. The van der Waals surface area contributed by atoms with Gasteiger partial charge in [0.1, 0.15) is 17.5 Å². The summed E-state index contributed by atoms with van der Waals surface area (Å²) in [5.74, 6) is -1.000. The number of hydrogen-bond donors (Lipinski definition) is 3. The predicted molar refractivity (Wildman–Crippen MR) is 95.8 cm³/mol. The van der Waals surface area contributed by atoms with Gasteiger partial charge in [-0.05, 0) is 72.8 Å². The average molecular weight is 341 g/mol. The number of benzene rings is 3. The highest BCUT2D eigenvalue weighted by atomic mass is 19.1. The van der Waals surface area contributed by atoms with Gasteiger partial charge in [-0.25, -0.2) is 13.2 Å². The number of rotatable bonds is 6. The molecule has 0 atom stereocenters. The lowest BCUT2D eigenvalue weighted by Crippen LogP contribution is -2.42. The lowest BCUT2D eigenvalue weighted by Gasteiger charge is -2.20. The Morgan fingerprint density at radius 3 is 0.920 bits per heavy atom. The van der Waals surface area contributed by atoms with Gasteiger partial charge >= 0.3 is 7.12 Å². The van der Waals surface area contributed by atoms with Gasteiger partial charge in [-0.15, -0.1) is 0 Å². The second-order valence-electron chi connectivity index (χ2n) is 5.39. The van der Waals surface area contributed by atoms with Crippen LogP contribution in [0.2, 0.25) is 0 Å². The van der Waals surface area contributed by atoms with Gasteiger partial charge in [0, 0.05) is 17.1 Å². The number of anilines is 3. The van der Waals surface area contributed by atoms with E-state index in [1.807, 2.05) is 0 Å². The molecule has 0 aliphatic heterocycles. The van der Waals surface area contributed by atoms with Crippen molar-refractivity contribution >= 4 is 24.2 Å². The molecule has 3 nitrogen and oxygen atoms in total. The second-order valence-corrected chi connectivity index (χ2v) is 5.39. The average Bonchev–Trinajstić information content (AvgIpc) is 2.61. The molecule has 0 fully saturated rings. The maximum atomic E-state index is 13.1. The molecule has 0 bridgehead atoms. The van der Waals surface area contributed by atoms with Crippen molar-refractivity contribution in [3.05, 3.63) is 90.2 Å². The minimum atomic E-state index is -0.499. The highest BCUT2D eigenvalue weighted by Gasteiger charge is 2.17. The van der Waals surface area contributed by atoms with Gasteiger partial charge in [0.05, 0.1) is 0 Å². The third-order valence-electron chi connectivity index (χ3n) is 3.47. The summed E-state index contributed by atoms with van der Waals surface area (Å²) in [7, 11) is -0.499. The zero-order valence-electron chi connectivity index (χ0n) is 13.1. The topological polar surface area (TPSA) is 36.1 Å². The molecule has 126 valence electrons. The summed E-state index contributed by atoms with van der Waals surface area (Å²) >= 11 is 0. The van der Waals surface area contributed by atoms with Crippen LogP contribution in [0.15, 0.2) is 72.8 Å². The molecule has 3 N–H and O–H groups in total. The number of halogens is 3. The van der Waals surface area contributed by atoms with Gasteiger partial charge in [-0.3, -0.25) is 0 Å². The predicted octanol–water partition coefficient (Wildman–Crippen LogP) is 4.72. The van der Waals surface area contributed by atoms with Crippen molar-refractivity contribution in [1.82, 2.24) is 0 Å². The van der Waals surface area contributed by atoms with Crippen molar-refractivity contribution in [2.75, 3.05) is 15.7 Å². The molecule has 3 rings (SSSR count). The lowest BCUT2D eigenvalue weighted by atomic mass is 9.91. The monoisotopic (exact) mass is 341 g/mol. The molecule has 0 saturated heterocycles. The van der Waals surface area contributed by atoms with Gasteiger partial charge in [-0.1, -0.05) is 0 Å². The fourth-order valence-electron chi connectivity index (χ4n) is 2.25. The Kier molecular flexibility index (Phi) is 5.13. The first-order valence-corrected chi connectivity index (χ1v) is 7.65. The van der Waals surface area contributed by atoms with Crippen LogP contribution in [0.4, 0.5) is 30.2 Å². The van der Waals surface area contributed by atoms with E-state index in [0.29, 0.717) is 17.1 Å². The van der Waals surface area contributed by atoms with Crippen LogP contribution in [0.5, 0.6) is 0 Å². The molecule has 0 unspecified atom stereocenters. The highest BCUT2D eigenvalue weighted by molar-refractivity contribution is 6.69. The Morgan fingerprint density at radius 1 is 0.440 bits per heavy atom. The Labute approximate surface area is 144 Å². The first-order valence-electron chi connectivity index (χ1n) is 7.65. The van der Waals surface area contributed by atoms with Crippen LogP contribution in [0.25, 0.3) is 0 Å². The van der Waals surface area contributed by atoms with Crippen molar-refractivity contribution in [1.29, 1.82) is 0 Å². The van der Waals surface area contributed by atoms with Crippen LogP contribution in [0, 0.1) is 17.5 Å². The van der Waals surface area contributed by atoms with Gasteiger partial charge in [0.15, 0.2) is 0 Å². The molecule has 0 radical (unpaired) electrons. The fraction of sp³-hybridized carbons (Fsp3) is 0. The Hall–Kier alpha value is -3.09. The molecule has 3 aromatic rings. The van der Waals surface area contributed by atoms with Crippen molar-refractivity contribution in [3.63, 3.8) is 0 Å². The van der Waals surface area contributed by atoms with E-state index in [1.165, 1.54) is 36.4 Å². The summed E-state index contributed by atoms with van der Waals surface area (Å²) in [5, 5.41) is 9.47. The van der Waals surface area contributed by atoms with Gasteiger partial charge in [-0.2, -0.15) is 0 Å². The second kappa shape index (κ2) is 7.66. The third kappa shape index (κ3) is 4.94. The summed E-state index contributed by atoms with van der Waals surface area (Å²) in [4.78, 5) is 0. The van der Waals surface area contributed by atoms with Crippen LogP contribution in [-0.4, -0.2) is 7.12 Å². The summed E-state index contributed by atoms with van der Waals surface area (Å²) in [6.07, 6.45) is 0. The van der Waals surface area contributed by atoms with Crippen LogP contribution in [-0.2, 0) is 0 Å². The van der Waals surface area contributed by atoms with Crippen LogP contribution < -0.4 is 15.7 Å². The van der Waals surface area contributed by atoms with Gasteiger partial charge < -0.3 is 15.7 Å². The minimum Gasteiger partial charge on any atom is -0.390 e. The molecule has 7 heteroatoms. The van der Waals surface area contributed by atoms with Crippen molar-refractivity contribution in [2.45, 2.75) is 0 Å². The lowest BCUT2D eigenvalue weighted by molar-refractivity contribution is 0.627. The first-order chi connectivity index (χ1) is 12.1. The van der Waals surface area contributed by atoms with E-state index in [9.17, 15) is 13.2 Å². The van der Waals surface area contributed by atoms with E-state index in [-0.39, 0.29) is 17.5 Å². The maximum Gasteiger partial charge on any atom is 0.496 e. The van der Waals surface area contributed by atoms with E-state index < -0.39 is 7.12 Å². The van der Waals surface area contributed by atoms with E-state index in [0.717, 1.165) is 0 Å². The van der Waals surface area contributed by atoms with Crippen molar-refractivity contribution < 1.29 is 13.2 Å². The maximum absolute atomic E-state index is 13.1. The first kappa shape index (κ1) is 16.8. The van der Waals surface area contributed by atoms with E-state index in [2.05, 4.69) is 15.7 Å². The molecule has 0 amide bonds. The Bertz CT molecular complexity index is 696. The minimum absolute atomic E-state index is 0.333. The van der Waals surface area contributed by atoms with Gasteiger partial charge in [0.2, 0.25) is 0 Å². The summed E-state index contributed by atoms with van der Waals surface area (Å²) in [6.45, 7) is 0. The van der Waals surface area contributed by atoms with Crippen LogP contribution >= 0.6 is 0 Å². The summed E-state index contributed by atoms with van der Waals surface area (Å²) in [5.41, 5.74) is 2.03. The number of nitrogens with one attached hydrogen (secondary N) is 3. The highest BCUT2D eigenvalue weighted by Crippen LogP contribution is 2.15. The van der Waals surface area contributed by atoms with Crippen LogP contribution in [0.1, 0.15) is 0 Å². The molecular formula is C18H15BF3N3. The summed E-state index contributed by atoms with van der Waals surface area (Å²) in [6, 6.07) is 17.6. The molecule has 0 heterocycles. The van der Waals surface area contributed by atoms with Crippen molar-refractivity contribution in [2.24, 2.45) is 0 Å². The summed E-state index contributed by atoms with van der Waals surface area (Å²) < 4.78 is 39.2. The zero-order valence-corrected chi connectivity index (χ0v) is 13.1. The van der Waals surface area contributed by atoms with Gasteiger partial charge in [0.25, 0.3) is 0 Å². The molecular weight excluding hydrogens is 326 g/mol. The largest absolute Gasteiger partial charge is 0.496 e. The molecule has 0 aliphatic carbocycles. The fourth-order valence-corrected chi connectivity index (χ4v) is 2.25. The SMILES string of the molecule is Fc1ccc(NB(Nc2ccc(F)cc2)Nc2ccc(F)cc2)cc1. The quantitative estimate of drug-likeness (QED) is 0.568. The Morgan fingerprint density at radius 2 is 0.680 bits per heavy atom. The molecule has 25 heavy (non-hydrogen) atoms. The molecule has 3 aromatic carbocycles.